The van der Waals surface area contributed by atoms with E-state index in [1.165, 1.54) is 0 Å². The van der Waals surface area contributed by atoms with E-state index in [1.807, 2.05) is 18.2 Å². The molecule has 2 heterocycles. The number of aromatic nitrogens is 2. The Morgan fingerprint density at radius 2 is 1.84 bits per heavy atom. The zero-order valence-corrected chi connectivity index (χ0v) is 17.9. The third kappa shape index (κ3) is 4.40. The third-order valence-electron chi connectivity index (χ3n) is 5.73. The van der Waals surface area contributed by atoms with Gasteiger partial charge >= 0.3 is 0 Å². The molecule has 1 N–H and O–H groups in total. The highest BCUT2D eigenvalue weighted by Crippen LogP contribution is 2.27. The average molecular weight is 421 g/mol. The smallest absolute Gasteiger partial charge is 0.261 e. The second kappa shape index (κ2) is 9.20. The first-order chi connectivity index (χ1) is 15.1. The molecule has 0 aliphatic carbocycles. The van der Waals surface area contributed by atoms with E-state index in [1.54, 1.807) is 37.0 Å². The van der Waals surface area contributed by atoms with Gasteiger partial charge in [-0.1, -0.05) is 18.9 Å². The van der Waals surface area contributed by atoms with Crippen LogP contribution < -0.4 is 20.3 Å². The molecule has 7 nitrogen and oxygen atoms in total. The van der Waals surface area contributed by atoms with E-state index in [-0.39, 0.29) is 11.5 Å². The Balaban J connectivity index is 1.56. The van der Waals surface area contributed by atoms with E-state index in [2.05, 4.69) is 5.32 Å². The van der Waals surface area contributed by atoms with Gasteiger partial charge < -0.3 is 14.8 Å². The summed E-state index contributed by atoms with van der Waals surface area (Å²) in [5.74, 6) is 1.85. The monoisotopic (exact) mass is 421 g/mol. The van der Waals surface area contributed by atoms with Crippen molar-refractivity contribution in [3.8, 4) is 11.5 Å². The Morgan fingerprint density at radius 3 is 2.65 bits per heavy atom. The van der Waals surface area contributed by atoms with Crippen LogP contribution in [0.25, 0.3) is 10.9 Å². The molecular weight excluding hydrogens is 394 g/mol. The summed E-state index contributed by atoms with van der Waals surface area (Å²) in [6.45, 7) is 1.06. The van der Waals surface area contributed by atoms with E-state index in [9.17, 15) is 9.59 Å². The molecule has 31 heavy (non-hydrogen) atoms. The maximum absolute atomic E-state index is 12.9. The van der Waals surface area contributed by atoms with Crippen molar-refractivity contribution in [2.24, 2.45) is 0 Å². The standard InChI is InChI=1S/C24H27N3O4/c1-30-20-11-8-16(13-21(20)31-2)15-25-23(28)17-9-10-18-19(14-17)26-22-7-5-3-4-6-12-27(22)24(18)29/h8-11,13-14H,3-7,12,15H2,1-2H3,(H,25,28). The molecule has 4 rings (SSSR count). The van der Waals surface area contributed by atoms with E-state index in [0.29, 0.717) is 41.1 Å². The van der Waals surface area contributed by atoms with Gasteiger partial charge in [-0.2, -0.15) is 0 Å². The van der Waals surface area contributed by atoms with E-state index in [0.717, 1.165) is 43.5 Å². The number of ether oxygens (including phenoxy) is 2. The summed E-state index contributed by atoms with van der Waals surface area (Å²) >= 11 is 0. The third-order valence-corrected chi connectivity index (χ3v) is 5.73. The van der Waals surface area contributed by atoms with E-state index < -0.39 is 0 Å². The molecule has 3 aromatic rings. The van der Waals surface area contributed by atoms with Crippen molar-refractivity contribution in [1.29, 1.82) is 0 Å². The molecule has 1 aliphatic heterocycles. The quantitative estimate of drug-likeness (QED) is 0.682. The van der Waals surface area contributed by atoms with Gasteiger partial charge in [-0.15, -0.1) is 0 Å². The molecule has 1 amide bonds. The predicted molar refractivity (Wildman–Crippen MR) is 119 cm³/mol. The van der Waals surface area contributed by atoms with Crippen LogP contribution in [-0.4, -0.2) is 29.7 Å². The number of benzene rings is 2. The maximum atomic E-state index is 12.9. The van der Waals surface area contributed by atoms with Crippen LogP contribution in [0.2, 0.25) is 0 Å². The fraction of sp³-hybridized carbons (Fsp3) is 0.375. The number of rotatable bonds is 5. The molecule has 1 aliphatic rings. The molecule has 1 aromatic heterocycles. The van der Waals surface area contributed by atoms with Gasteiger partial charge in [0, 0.05) is 25.1 Å². The van der Waals surface area contributed by atoms with Gasteiger partial charge in [-0.3, -0.25) is 14.2 Å². The Hall–Kier alpha value is -3.35. The van der Waals surface area contributed by atoms with Gasteiger partial charge in [-0.25, -0.2) is 4.98 Å². The van der Waals surface area contributed by atoms with Gasteiger partial charge in [0.1, 0.15) is 5.82 Å². The van der Waals surface area contributed by atoms with Crippen LogP contribution in [0.5, 0.6) is 11.5 Å². The highest BCUT2D eigenvalue weighted by molar-refractivity contribution is 5.97. The molecule has 162 valence electrons. The fourth-order valence-corrected chi connectivity index (χ4v) is 4.01. The van der Waals surface area contributed by atoms with Crippen LogP contribution in [0, 0.1) is 0 Å². The number of carbonyl (C=O) groups excluding carboxylic acids is 1. The number of nitrogens with one attached hydrogen (secondary N) is 1. The van der Waals surface area contributed by atoms with Crippen LogP contribution in [-0.2, 0) is 19.5 Å². The first kappa shape index (κ1) is 20.9. The lowest BCUT2D eigenvalue weighted by Crippen LogP contribution is -2.27. The SMILES string of the molecule is COc1ccc(CNC(=O)c2ccc3c(=O)n4c(nc3c2)CCCCCC4)cc1OC. The topological polar surface area (TPSA) is 82.5 Å². The number of hydrogen-bond acceptors (Lipinski definition) is 5. The summed E-state index contributed by atoms with van der Waals surface area (Å²) in [7, 11) is 3.16. The largest absolute Gasteiger partial charge is 0.493 e. The minimum atomic E-state index is -0.217. The molecule has 0 unspecified atom stereocenters. The predicted octanol–water partition coefficient (Wildman–Crippen LogP) is 3.46. The summed E-state index contributed by atoms with van der Waals surface area (Å²) in [4.78, 5) is 30.4. The Labute approximate surface area is 181 Å². The lowest BCUT2D eigenvalue weighted by atomic mass is 10.1. The number of carbonyl (C=O) groups is 1. The number of nitrogens with zero attached hydrogens (tertiary/aromatic N) is 2. The van der Waals surface area contributed by atoms with Gasteiger partial charge in [0.05, 0.1) is 25.1 Å². The number of hydrogen-bond donors (Lipinski definition) is 1. The second-order valence-corrected chi connectivity index (χ2v) is 7.75. The van der Waals surface area contributed by atoms with Crippen LogP contribution in [0.1, 0.15) is 47.4 Å². The van der Waals surface area contributed by atoms with Crippen molar-refractivity contribution >= 4 is 16.8 Å². The Kier molecular flexibility index (Phi) is 6.21. The Bertz CT molecular complexity index is 1170. The molecule has 0 radical (unpaired) electrons. The minimum absolute atomic E-state index is 0.0146. The summed E-state index contributed by atoms with van der Waals surface area (Å²) < 4.78 is 12.4. The van der Waals surface area contributed by atoms with Crippen LogP contribution >= 0.6 is 0 Å². The molecular formula is C24H27N3O4. The van der Waals surface area contributed by atoms with Gasteiger partial charge in [-0.05, 0) is 48.7 Å². The lowest BCUT2D eigenvalue weighted by molar-refractivity contribution is 0.0951. The maximum Gasteiger partial charge on any atom is 0.261 e. The molecule has 0 fully saturated rings. The highest BCUT2D eigenvalue weighted by atomic mass is 16.5. The summed E-state index contributed by atoms with van der Waals surface area (Å²) in [5.41, 5.74) is 1.94. The first-order valence-electron chi connectivity index (χ1n) is 10.6. The molecule has 0 saturated carbocycles. The molecule has 0 bridgehead atoms. The lowest BCUT2D eigenvalue weighted by Gasteiger charge is -2.16. The Morgan fingerprint density at radius 1 is 1.03 bits per heavy atom. The summed E-state index contributed by atoms with van der Waals surface area (Å²) in [6.07, 6.45) is 5.12. The number of fused-ring (bicyclic) bond motifs is 2. The van der Waals surface area contributed by atoms with Crippen molar-refractivity contribution in [1.82, 2.24) is 14.9 Å². The van der Waals surface area contributed by atoms with Crippen LogP contribution in [0.4, 0.5) is 0 Å². The average Bonchev–Trinajstić information content (AvgIpc) is 2.78. The van der Waals surface area contributed by atoms with Crippen molar-refractivity contribution in [3.63, 3.8) is 0 Å². The van der Waals surface area contributed by atoms with E-state index in [4.69, 9.17) is 14.5 Å². The van der Waals surface area contributed by atoms with E-state index >= 15 is 0 Å². The number of amides is 1. The summed E-state index contributed by atoms with van der Waals surface area (Å²) in [6, 6.07) is 10.6. The van der Waals surface area contributed by atoms with Gasteiger partial charge in [0.15, 0.2) is 11.5 Å². The zero-order chi connectivity index (χ0) is 21.8. The van der Waals surface area contributed by atoms with Crippen LogP contribution in [0.3, 0.4) is 0 Å². The van der Waals surface area contributed by atoms with Crippen molar-refractivity contribution in [2.45, 2.75) is 45.2 Å². The van der Waals surface area contributed by atoms with Gasteiger partial charge in [0.2, 0.25) is 0 Å². The molecule has 0 spiro atoms. The van der Waals surface area contributed by atoms with Crippen molar-refractivity contribution in [2.75, 3.05) is 14.2 Å². The summed E-state index contributed by atoms with van der Waals surface area (Å²) in [5, 5.41) is 3.47. The zero-order valence-electron chi connectivity index (χ0n) is 17.9. The normalized spacial score (nSPS) is 13.7. The van der Waals surface area contributed by atoms with Gasteiger partial charge in [0.25, 0.3) is 11.5 Å². The molecule has 0 atom stereocenters. The van der Waals surface area contributed by atoms with Crippen LogP contribution in [0.15, 0.2) is 41.2 Å². The van der Waals surface area contributed by atoms with Crippen molar-refractivity contribution in [3.05, 3.63) is 63.7 Å². The minimum Gasteiger partial charge on any atom is -0.493 e. The fourth-order valence-electron chi connectivity index (χ4n) is 4.01. The highest BCUT2D eigenvalue weighted by Gasteiger charge is 2.15. The number of methoxy groups -OCH3 is 2. The molecule has 0 saturated heterocycles. The first-order valence-corrected chi connectivity index (χ1v) is 10.6. The second-order valence-electron chi connectivity index (χ2n) is 7.75. The molecule has 2 aromatic carbocycles. The number of aryl methyl sites for hydroxylation is 1. The molecule has 7 heteroatoms. The van der Waals surface area contributed by atoms with Crippen molar-refractivity contribution < 1.29 is 14.3 Å².